The van der Waals surface area contributed by atoms with E-state index in [4.69, 9.17) is 10.3 Å². The van der Waals surface area contributed by atoms with Crippen LogP contribution in [0.5, 0.6) is 0 Å². The van der Waals surface area contributed by atoms with E-state index in [9.17, 15) is 0 Å². The van der Waals surface area contributed by atoms with Gasteiger partial charge in [-0.25, -0.2) is 0 Å². The van der Waals surface area contributed by atoms with Gasteiger partial charge in [-0.2, -0.15) is 0 Å². The predicted molar refractivity (Wildman–Crippen MR) is 57.2 cm³/mol. The number of fused-ring (bicyclic) bond motifs is 1. The fourth-order valence-electron chi connectivity index (χ4n) is 2.90. The summed E-state index contributed by atoms with van der Waals surface area (Å²) in [4.78, 5) is 5.28. The molecule has 2 heterocycles. The normalized spacial score (nSPS) is 38.7. The van der Waals surface area contributed by atoms with Crippen LogP contribution in [0, 0.1) is 5.92 Å². The largest absolute Gasteiger partial charge is 0.359 e. The Morgan fingerprint density at radius 3 is 2.93 bits per heavy atom. The molecule has 0 saturated carbocycles. The van der Waals surface area contributed by atoms with Crippen LogP contribution in [0.1, 0.15) is 27.2 Å². The van der Waals surface area contributed by atoms with E-state index in [1.165, 1.54) is 0 Å². The van der Waals surface area contributed by atoms with Crippen molar-refractivity contribution in [2.75, 3.05) is 13.2 Å². The van der Waals surface area contributed by atoms with Crippen molar-refractivity contribution in [1.82, 2.24) is 4.90 Å². The van der Waals surface area contributed by atoms with Gasteiger partial charge in [0.15, 0.2) is 0 Å². The van der Waals surface area contributed by atoms with Gasteiger partial charge in [-0.05, 0) is 25.3 Å². The van der Waals surface area contributed by atoms with Gasteiger partial charge in [0.25, 0.3) is 0 Å². The van der Waals surface area contributed by atoms with Crippen molar-refractivity contribution in [1.29, 1.82) is 0 Å². The zero-order valence-electron chi connectivity index (χ0n) is 9.55. The van der Waals surface area contributed by atoms with Gasteiger partial charge in [-0.15, -0.1) is 0 Å². The van der Waals surface area contributed by atoms with Crippen LogP contribution >= 0.6 is 0 Å². The van der Waals surface area contributed by atoms with Gasteiger partial charge < -0.3 is 4.74 Å². The van der Waals surface area contributed by atoms with Crippen molar-refractivity contribution >= 4 is 0 Å². The number of hydrogen-bond acceptors (Lipinski definition) is 3. The first kappa shape index (κ1) is 10.7. The van der Waals surface area contributed by atoms with Crippen LogP contribution in [-0.2, 0) is 4.74 Å². The fraction of sp³-hybridized carbons (Fsp3) is 1.00. The molecule has 0 aromatic heterocycles. The van der Waals surface area contributed by atoms with Crippen molar-refractivity contribution in [2.45, 2.75) is 45.0 Å². The van der Waals surface area contributed by atoms with Crippen molar-refractivity contribution in [3.05, 3.63) is 10.4 Å². The summed E-state index contributed by atoms with van der Waals surface area (Å²) in [5.41, 5.74) is 8.35. The summed E-state index contributed by atoms with van der Waals surface area (Å²) >= 11 is 0. The Bertz CT molecular complexity index is 298. The molecule has 0 aliphatic carbocycles. The zero-order chi connectivity index (χ0) is 11.1. The van der Waals surface area contributed by atoms with Crippen LogP contribution < -0.4 is 0 Å². The Hall–Kier alpha value is -0.770. The fourth-order valence-corrected chi connectivity index (χ4v) is 2.90. The molecule has 0 aromatic rings. The van der Waals surface area contributed by atoms with E-state index in [0.717, 1.165) is 19.6 Å². The Labute approximate surface area is 90.0 Å². The third-order valence-corrected chi connectivity index (χ3v) is 3.74. The number of hydrogen-bond donors (Lipinski definition) is 0. The highest BCUT2D eigenvalue weighted by molar-refractivity contribution is 5.02. The number of ether oxygens (including phenoxy) is 1. The second kappa shape index (κ2) is 3.67. The average Bonchev–Trinajstić information content (AvgIpc) is 2.66. The van der Waals surface area contributed by atoms with Gasteiger partial charge in [0, 0.05) is 17.5 Å². The van der Waals surface area contributed by atoms with Crippen LogP contribution in [0.25, 0.3) is 10.4 Å². The molecule has 2 aliphatic heterocycles. The summed E-state index contributed by atoms with van der Waals surface area (Å²) in [6.07, 6.45) is 1.05. The summed E-state index contributed by atoms with van der Waals surface area (Å²) in [7, 11) is 0. The molecule has 2 rings (SSSR count). The topological polar surface area (TPSA) is 61.2 Å². The zero-order valence-corrected chi connectivity index (χ0v) is 9.55. The second-order valence-electron chi connectivity index (χ2n) is 4.82. The standard InChI is InChI=1S/C10H18N4O/c1-4-7-8(12-13-11)5-14-9(7)6-15-10(14,2)3/h7-9H,4-6H2,1-3H3/t7-,8?,9-/m1/s1. The van der Waals surface area contributed by atoms with E-state index in [2.05, 4.69) is 35.7 Å². The summed E-state index contributed by atoms with van der Waals surface area (Å²) in [5, 5.41) is 3.91. The van der Waals surface area contributed by atoms with Crippen molar-refractivity contribution in [3.8, 4) is 0 Å². The van der Waals surface area contributed by atoms with Gasteiger partial charge >= 0.3 is 0 Å². The molecule has 0 spiro atoms. The van der Waals surface area contributed by atoms with E-state index in [1.54, 1.807) is 0 Å². The van der Waals surface area contributed by atoms with E-state index in [0.29, 0.717) is 12.0 Å². The minimum absolute atomic E-state index is 0.119. The highest BCUT2D eigenvalue weighted by atomic mass is 16.5. The van der Waals surface area contributed by atoms with Gasteiger partial charge in [0.2, 0.25) is 0 Å². The third-order valence-electron chi connectivity index (χ3n) is 3.74. The molecule has 15 heavy (non-hydrogen) atoms. The minimum Gasteiger partial charge on any atom is -0.359 e. The molecule has 1 unspecified atom stereocenters. The first-order valence-corrected chi connectivity index (χ1v) is 5.55. The lowest BCUT2D eigenvalue weighted by Gasteiger charge is -2.29. The van der Waals surface area contributed by atoms with E-state index >= 15 is 0 Å². The molecule has 5 nitrogen and oxygen atoms in total. The monoisotopic (exact) mass is 210 g/mol. The summed E-state index contributed by atoms with van der Waals surface area (Å²) in [6.45, 7) is 7.92. The molecule has 0 radical (unpaired) electrons. The van der Waals surface area contributed by atoms with E-state index in [1.807, 2.05) is 0 Å². The van der Waals surface area contributed by atoms with Gasteiger partial charge in [0.05, 0.1) is 12.6 Å². The predicted octanol–water partition coefficient (Wildman–Crippen LogP) is 2.14. The molecule has 3 atom stereocenters. The van der Waals surface area contributed by atoms with Crippen LogP contribution in [0.2, 0.25) is 0 Å². The molecular weight excluding hydrogens is 192 g/mol. The van der Waals surface area contributed by atoms with Gasteiger partial charge in [0.1, 0.15) is 5.72 Å². The second-order valence-corrected chi connectivity index (χ2v) is 4.82. The minimum atomic E-state index is -0.197. The highest BCUT2D eigenvalue weighted by Gasteiger charge is 2.51. The molecule has 2 aliphatic rings. The maximum Gasteiger partial charge on any atom is 0.116 e. The van der Waals surface area contributed by atoms with Gasteiger partial charge in [-0.1, -0.05) is 18.5 Å². The molecule has 0 aromatic carbocycles. The number of azide groups is 1. The van der Waals surface area contributed by atoms with Crippen molar-refractivity contribution in [3.63, 3.8) is 0 Å². The van der Waals surface area contributed by atoms with E-state index < -0.39 is 0 Å². The van der Waals surface area contributed by atoms with Crippen LogP contribution in [0.3, 0.4) is 0 Å². The highest BCUT2D eigenvalue weighted by Crippen LogP contribution is 2.40. The first-order chi connectivity index (χ1) is 7.10. The maximum atomic E-state index is 8.54. The molecule has 0 bridgehead atoms. The van der Waals surface area contributed by atoms with Crippen LogP contribution in [-0.4, -0.2) is 35.9 Å². The molecule has 84 valence electrons. The Kier molecular flexibility index (Phi) is 2.63. The third kappa shape index (κ3) is 1.61. The smallest absolute Gasteiger partial charge is 0.116 e. The Balaban J connectivity index is 2.21. The Morgan fingerprint density at radius 1 is 1.60 bits per heavy atom. The lowest BCUT2D eigenvalue weighted by Crippen LogP contribution is -2.41. The van der Waals surface area contributed by atoms with Crippen molar-refractivity contribution < 1.29 is 4.74 Å². The molecule has 2 saturated heterocycles. The number of nitrogens with zero attached hydrogens (tertiary/aromatic N) is 4. The van der Waals surface area contributed by atoms with Crippen LogP contribution in [0.15, 0.2) is 5.11 Å². The molecule has 0 N–H and O–H groups in total. The SMILES string of the molecule is CC[C@@H]1C(N=[N+]=[N-])CN2[C@@H]1COC2(C)C. The lowest BCUT2D eigenvalue weighted by atomic mass is 9.95. The van der Waals surface area contributed by atoms with Crippen LogP contribution in [0.4, 0.5) is 0 Å². The van der Waals surface area contributed by atoms with E-state index in [-0.39, 0.29) is 11.8 Å². The molecule has 0 amide bonds. The molecule has 5 heteroatoms. The summed E-state index contributed by atoms with van der Waals surface area (Å²) in [6, 6.07) is 0.550. The van der Waals surface area contributed by atoms with Crippen molar-refractivity contribution in [2.24, 2.45) is 11.0 Å². The number of rotatable bonds is 2. The first-order valence-electron chi connectivity index (χ1n) is 5.55. The Morgan fingerprint density at radius 2 is 2.33 bits per heavy atom. The molecule has 2 fully saturated rings. The quantitative estimate of drug-likeness (QED) is 0.398. The lowest BCUT2D eigenvalue weighted by molar-refractivity contribution is -0.0487. The summed E-state index contributed by atoms with van der Waals surface area (Å²) in [5.74, 6) is 0.447. The average molecular weight is 210 g/mol. The summed E-state index contributed by atoms with van der Waals surface area (Å²) < 4.78 is 5.76. The molecular formula is C10H18N4O. The van der Waals surface area contributed by atoms with Gasteiger partial charge in [-0.3, -0.25) is 4.90 Å². The maximum absolute atomic E-state index is 8.54.